The molecule has 2 atom stereocenters. The maximum atomic E-state index is 9.43. The Kier molecular flexibility index (Phi) is 5.92. The van der Waals surface area contributed by atoms with Crippen LogP contribution in [0.4, 0.5) is 0 Å². The van der Waals surface area contributed by atoms with Crippen LogP contribution in [-0.4, -0.2) is 40.4 Å². The van der Waals surface area contributed by atoms with Gasteiger partial charge >= 0.3 is 0 Å². The van der Waals surface area contributed by atoms with E-state index in [2.05, 4.69) is 0 Å². The number of aliphatic hydroxyl groups excluding tert-OH is 2. The van der Waals surface area contributed by atoms with E-state index in [4.69, 9.17) is 11.6 Å². The Morgan fingerprint density at radius 3 is 2.12 bits per heavy atom. The Labute approximate surface area is 108 Å². The lowest BCUT2D eigenvalue weighted by atomic mass is 10.2. The van der Waals surface area contributed by atoms with Crippen LogP contribution in [0.5, 0.6) is 0 Å². The van der Waals surface area contributed by atoms with E-state index in [0.29, 0.717) is 24.7 Å². The van der Waals surface area contributed by atoms with Crippen LogP contribution in [0.25, 0.3) is 0 Å². The summed E-state index contributed by atoms with van der Waals surface area (Å²) in [6, 6.07) is 7.63. The molecule has 0 heterocycles. The van der Waals surface area contributed by atoms with Gasteiger partial charge in [0, 0.05) is 24.7 Å². The van der Waals surface area contributed by atoms with Gasteiger partial charge in [0.15, 0.2) is 0 Å². The maximum absolute atomic E-state index is 9.43. The third-order valence-electron chi connectivity index (χ3n) is 2.40. The van der Waals surface area contributed by atoms with Crippen LogP contribution < -0.4 is 0 Å². The van der Waals surface area contributed by atoms with Crippen molar-refractivity contribution in [1.29, 1.82) is 0 Å². The summed E-state index contributed by atoms with van der Waals surface area (Å²) in [7, 11) is 0. The van der Waals surface area contributed by atoms with E-state index in [0.717, 1.165) is 5.56 Å². The quantitative estimate of drug-likeness (QED) is 0.818. The molecule has 2 N–H and O–H groups in total. The number of rotatable bonds is 6. The fourth-order valence-corrected chi connectivity index (χ4v) is 2.01. The lowest BCUT2D eigenvalue weighted by Crippen LogP contribution is -2.35. The van der Waals surface area contributed by atoms with Crippen molar-refractivity contribution in [3.05, 3.63) is 34.9 Å². The minimum absolute atomic E-state index is 0.420. The van der Waals surface area contributed by atoms with Crippen molar-refractivity contribution in [3.8, 4) is 0 Å². The largest absolute Gasteiger partial charge is 0.392 e. The van der Waals surface area contributed by atoms with E-state index in [-0.39, 0.29) is 0 Å². The molecule has 17 heavy (non-hydrogen) atoms. The first-order valence-corrected chi connectivity index (χ1v) is 6.18. The normalized spacial score (nSPS) is 14.9. The zero-order valence-electron chi connectivity index (χ0n) is 10.3. The van der Waals surface area contributed by atoms with Crippen LogP contribution in [0.1, 0.15) is 19.4 Å². The Morgan fingerprint density at radius 1 is 1.12 bits per heavy atom. The fraction of sp³-hybridized carbons (Fsp3) is 0.538. The highest BCUT2D eigenvalue weighted by Gasteiger charge is 2.12. The molecule has 1 rings (SSSR count). The molecule has 0 aliphatic carbocycles. The second-order valence-corrected chi connectivity index (χ2v) is 4.89. The van der Waals surface area contributed by atoms with Gasteiger partial charge in [0.25, 0.3) is 0 Å². The molecule has 0 saturated carbocycles. The third kappa shape index (κ3) is 5.50. The predicted octanol–water partition coefficient (Wildman–Crippen LogP) is 1.90. The summed E-state index contributed by atoms with van der Waals surface area (Å²) in [4.78, 5) is 2.00. The maximum Gasteiger partial charge on any atom is 0.0639 e. The molecular formula is C13H20ClNO2. The molecule has 0 aliphatic heterocycles. The molecule has 4 heteroatoms. The SMILES string of the molecule is CC(O)CN(Cc1ccccc1Cl)CC(C)O. The first kappa shape index (κ1) is 14.5. The number of halogens is 1. The number of aliphatic hydroxyl groups is 2. The predicted molar refractivity (Wildman–Crippen MR) is 70.1 cm³/mol. The standard InChI is InChI=1S/C13H20ClNO2/c1-10(16)7-15(8-11(2)17)9-12-5-3-4-6-13(12)14/h3-6,10-11,16-17H,7-9H2,1-2H3. The Balaban J connectivity index is 2.68. The zero-order valence-corrected chi connectivity index (χ0v) is 11.1. The molecule has 0 spiro atoms. The molecule has 3 nitrogen and oxygen atoms in total. The number of hydrogen-bond acceptors (Lipinski definition) is 3. The Bertz CT molecular complexity index is 332. The topological polar surface area (TPSA) is 43.7 Å². The van der Waals surface area contributed by atoms with E-state index in [1.165, 1.54) is 0 Å². The molecular weight excluding hydrogens is 238 g/mol. The Morgan fingerprint density at radius 2 is 1.65 bits per heavy atom. The Hall–Kier alpha value is -0.610. The number of nitrogens with zero attached hydrogens (tertiary/aromatic N) is 1. The van der Waals surface area contributed by atoms with Crippen molar-refractivity contribution in [3.63, 3.8) is 0 Å². The molecule has 2 unspecified atom stereocenters. The second kappa shape index (κ2) is 6.97. The van der Waals surface area contributed by atoms with Crippen LogP contribution in [-0.2, 0) is 6.54 Å². The summed E-state index contributed by atoms with van der Waals surface area (Å²) < 4.78 is 0. The van der Waals surface area contributed by atoms with Gasteiger partial charge in [-0.25, -0.2) is 0 Å². The third-order valence-corrected chi connectivity index (χ3v) is 2.77. The molecule has 0 amide bonds. The van der Waals surface area contributed by atoms with Gasteiger partial charge in [0.1, 0.15) is 0 Å². The highest BCUT2D eigenvalue weighted by atomic mass is 35.5. The average Bonchev–Trinajstić information content (AvgIpc) is 2.19. The lowest BCUT2D eigenvalue weighted by molar-refractivity contribution is 0.0794. The van der Waals surface area contributed by atoms with Crippen molar-refractivity contribution in [2.75, 3.05) is 13.1 Å². The van der Waals surface area contributed by atoms with Crippen LogP contribution >= 0.6 is 11.6 Å². The average molecular weight is 258 g/mol. The first-order valence-electron chi connectivity index (χ1n) is 5.81. The highest BCUT2D eigenvalue weighted by Crippen LogP contribution is 2.17. The van der Waals surface area contributed by atoms with Gasteiger partial charge in [-0.05, 0) is 25.5 Å². The van der Waals surface area contributed by atoms with Crippen LogP contribution in [0.15, 0.2) is 24.3 Å². The van der Waals surface area contributed by atoms with Crippen molar-refractivity contribution in [1.82, 2.24) is 4.90 Å². The summed E-state index contributed by atoms with van der Waals surface area (Å²) in [5.74, 6) is 0. The van der Waals surface area contributed by atoms with Gasteiger partial charge in [0.05, 0.1) is 12.2 Å². The monoisotopic (exact) mass is 257 g/mol. The van der Waals surface area contributed by atoms with Gasteiger partial charge in [-0.15, -0.1) is 0 Å². The second-order valence-electron chi connectivity index (χ2n) is 4.48. The van der Waals surface area contributed by atoms with Crippen molar-refractivity contribution in [2.24, 2.45) is 0 Å². The van der Waals surface area contributed by atoms with Crippen molar-refractivity contribution in [2.45, 2.75) is 32.6 Å². The molecule has 0 bridgehead atoms. The molecule has 96 valence electrons. The lowest BCUT2D eigenvalue weighted by Gasteiger charge is -2.25. The molecule has 0 radical (unpaired) electrons. The molecule has 0 aromatic heterocycles. The van der Waals surface area contributed by atoms with E-state index >= 15 is 0 Å². The summed E-state index contributed by atoms with van der Waals surface area (Å²) in [5, 5.41) is 19.6. The number of hydrogen-bond donors (Lipinski definition) is 2. The summed E-state index contributed by atoms with van der Waals surface area (Å²) >= 11 is 6.09. The van der Waals surface area contributed by atoms with E-state index in [9.17, 15) is 10.2 Å². The number of benzene rings is 1. The molecule has 0 saturated heterocycles. The first-order chi connectivity index (χ1) is 7.99. The van der Waals surface area contributed by atoms with Gasteiger partial charge in [-0.2, -0.15) is 0 Å². The summed E-state index contributed by atoms with van der Waals surface area (Å²) in [6.45, 7) is 5.16. The van der Waals surface area contributed by atoms with Crippen molar-refractivity contribution >= 4 is 11.6 Å². The van der Waals surface area contributed by atoms with Gasteiger partial charge in [-0.3, -0.25) is 4.90 Å². The van der Waals surface area contributed by atoms with E-state index in [1.807, 2.05) is 29.2 Å². The molecule has 0 aliphatic rings. The highest BCUT2D eigenvalue weighted by molar-refractivity contribution is 6.31. The summed E-state index contributed by atoms with van der Waals surface area (Å²) in [5.41, 5.74) is 1.01. The van der Waals surface area contributed by atoms with Crippen molar-refractivity contribution < 1.29 is 10.2 Å². The molecule has 1 aromatic carbocycles. The van der Waals surface area contributed by atoms with Crippen LogP contribution in [0, 0.1) is 0 Å². The van der Waals surface area contributed by atoms with Crippen LogP contribution in [0.2, 0.25) is 5.02 Å². The van der Waals surface area contributed by atoms with Gasteiger partial charge < -0.3 is 10.2 Å². The summed E-state index contributed by atoms with van der Waals surface area (Å²) in [6.07, 6.45) is -0.840. The van der Waals surface area contributed by atoms with E-state index in [1.54, 1.807) is 13.8 Å². The van der Waals surface area contributed by atoms with Gasteiger partial charge in [-0.1, -0.05) is 29.8 Å². The molecule has 1 aromatic rings. The fourth-order valence-electron chi connectivity index (χ4n) is 1.82. The van der Waals surface area contributed by atoms with Crippen LogP contribution in [0.3, 0.4) is 0 Å². The molecule has 0 fully saturated rings. The van der Waals surface area contributed by atoms with E-state index < -0.39 is 12.2 Å². The minimum Gasteiger partial charge on any atom is -0.392 e. The zero-order chi connectivity index (χ0) is 12.8. The minimum atomic E-state index is -0.420. The van der Waals surface area contributed by atoms with Gasteiger partial charge in [0.2, 0.25) is 0 Å². The smallest absolute Gasteiger partial charge is 0.0639 e.